The first-order valence-corrected chi connectivity index (χ1v) is 7.52. The third-order valence-corrected chi connectivity index (χ3v) is 3.58. The summed E-state index contributed by atoms with van der Waals surface area (Å²) >= 11 is 0. The summed E-state index contributed by atoms with van der Waals surface area (Å²) in [7, 11) is 0. The average molecular weight is 293 g/mol. The molecule has 5 heteroatoms. The molecule has 0 spiro atoms. The average Bonchev–Trinajstić information content (AvgIpc) is 2.49. The number of rotatable bonds is 6. The van der Waals surface area contributed by atoms with E-state index in [1.165, 1.54) is 0 Å². The van der Waals surface area contributed by atoms with Gasteiger partial charge in [0, 0.05) is 0 Å². The topological polar surface area (TPSA) is 67.8 Å². The van der Waals surface area contributed by atoms with Gasteiger partial charge in [-0.05, 0) is 44.0 Å². The van der Waals surface area contributed by atoms with Crippen molar-refractivity contribution in [3.05, 3.63) is 24.3 Å². The molecule has 1 aliphatic carbocycles. The van der Waals surface area contributed by atoms with E-state index in [0.717, 1.165) is 31.4 Å². The maximum atomic E-state index is 11.8. The highest BCUT2D eigenvalue weighted by Gasteiger charge is 2.24. The van der Waals surface area contributed by atoms with E-state index < -0.39 is 6.10 Å². The molecule has 2 unspecified atom stereocenters. The molecular formula is C16H23NO4. The van der Waals surface area contributed by atoms with Crippen molar-refractivity contribution < 1.29 is 19.4 Å². The fourth-order valence-corrected chi connectivity index (χ4v) is 2.48. The highest BCUT2D eigenvalue weighted by Crippen LogP contribution is 2.19. The largest absolute Gasteiger partial charge is 0.494 e. The van der Waals surface area contributed by atoms with Crippen LogP contribution >= 0.6 is 0 Å². The van der Waals surface area contributed by atoms with Gasteiger partial charge in [0.05, 0.1) is 18.8 Å². The summed E-state index contributed by atoms with van der Waals surface area (Å²) in [6.45, 7) is 2.50. The Bertz CT molecular complexity index is 446. The number of hydrogen-bond acceptors (Lipinski definition) is 4. The lowest BCUT2D eigenvalue weighted by atomic mass is 9.92. The van der Waals surface area contributed by atoms with Crippen LogP contribution in [0.2, 0.25) is 0 Å². The molecule has 0 aliphatic heterocycles. The van der Waals surface area contributed by atoms with Crippen molar-refractivity contribution in [1.29, 1.82) is 0 Å². The minimum absolute atomic E-state index is 0.0444. The Labute approximate surface area is 125 Å². The van der Waals surface area contributed by atoms with E-state index in [1.54, 1.807) is 12.1 Å². The smallest absolute Gasteiger partial charge is 0.258 e. The van der Waals surface area contributed by atoms with E-state index >= 15 is 0 Å². The van der Waals surface area contributed by atoms with Crippen LogP contribution in [0.4, 0.5) is 0 Å². The number of benzene rings is 1. The van der Waals surface area contributed by atoms with E-state index in [2.05, 4.69) is 5.32 Å². The van der Waals surface area contributed by atoms with Gasteiger partial charge in [0.2, 0.25) is 0 Å². The predicted octanol–water partition coefficient (Wildman–Crippen LogP) is 1.88. The zero-order valence-corrected chi connectivity index (χ0v) is 12.4. The van der Waals surface area contributed by atoms with Gasteiger partial charge in [-0.1, -0.05) is 12.8 Å². The van der Waals surface area contributed by atoms with E-state index in [4.69, 9.17) is 9.47 Å². The van der Waals surface area contributed by atoms with E-state index in [9.17, 15) is 9.90 Å². The molecule has 2 N–H and O–H groups in total. The summed E-state index contributed by atoms with van der Waals surface area (Å²) < 4.78 is 10.8. The molecular weight excluding hydrogens is 270 g/mol. The molecule has 0 saturated heterocycles. The molecule has 116 valence electrons. The fourth-order valence-electron chi connectivity index (χ4n) is 2.48. The lowest BCUT2D eigenvalue weighted by Crippen LogP contribution is -2.46. The molecule has 1 saturated carbocycles. The Morgan fingerprint density at radius 2 is 1.81 bits per heavy atom. The molecule has 5 nitrogen and oxygen atoms in total. The van der Waals surface area contributed by atoms with Crippen molar-refractivity contribution in [1.82, 2.24) is 5.32 Å². The summed E-state index contributed by atoms with van der Waals surface area (Å²) in [5.41, 5.74) is 0. The molecule has 1 aromatic carbocycles. The minimum Gasteiger partial charge on any atom is -0.494 e. The maximum Gasteiger partial charge on any atom is 0.258 e. The van der Waals surface area contributed by atoms with Crippen LogP contribution in [-0.4, -0.2) is 36.4 Å². The van der Waals surface area contributed by atoms with Gasteiger partial charge in [-0.2, -0.15) is 0 Å². The molecule has 1 aliphatic rings. The highest BCUT2D eigenvalue weighted by molar-refractivity contribution is 5.77. The molecule has 1 aromatic rings. The van der Waals surface area contributed by atoms with Crippen LogP contribution in [0.5, 0.6) is 11.5 Å². The predicted molar refractivity (Wildman–Crippen MR) is 79.5 cm³/mol. The first-order valence-electron chi connectivity index (χ1n) is 7.52. The van der Waals surface area contributed by atoms with Gasteiger partial charge in [-0.25, -0.2) is 0 Å². The quantitative estimate of drug-likeness (QED) is 0.840. The molecule has 1 amide bonds. The molecule has 21 heavy (non-hydrogen) atoms. The Balaban J connectivity index is 1.75. The Hall–Kier alpha value is -1.75. The van der Waals surface area contributed by atoms with Crippen LogP contribution in [0.25, 0.3) is 0 Å². The molecule has 0 aromatic heterocycles. The van der Waals surface area contributed by atoms with Crippen LogP contribution in [-0.2, 0) is 4.79 Å². The number of carbonyl (C=O) groups excluding carboxylic acids is 1. The maximum absolute atomic E-state index is 11.8. The van der Waals surface area contributed by atoms with Crippen LogP contribution in [0.15, 0.2) is 24.3 Å². The lowest BCUT2D eigenvalue weighted by Gasteiger charge is -2.28. The van der Waals surface area contributed by atoms with Crippen molar-refractivity contribution in [3.8, 4) is 11.5 Å². The van der Waals surface area contributed by atoms with Crippen LogP contribution < -0.4 is 14.8 Å². The number of ether oxygens (including phenoxy) is 2. The first-order chi connectivity index (χ1) is 10.2. The summed E-state index contributed by atoms with van der Waals surface area (Å²) in [4.78, 5) is 11.8. The van der Waals surface area contributed by atoms with E-state index in [-0.39, 0.29) is 18.6 Å². The van der Waals surface area contributed by atoms with Gasteiger partial charge in [0.15, 0.2) is 6.61 Å². The van der Waals surface area contributed by atoms with Gasteiger partial charge < -0.3 is 19.9 Å². The molecule has 2 rings (SSSR count). The van der Waals surface area contributed by atoms with Gasteiger partial charge in [-0.3, -0.25) is 4.79 Å². The van der Waals surface area contributed by atoms with Gasteiger partial charge in [0.1, 0.15) is 11.5 Å². The zero-order valence-electron chi connectivity index (χ0n) is 12.4. The number of aliphatic hydroxyl groups excluding tert-OH is 1. The normalized spacial score (nSPS) is 21.6. The second-order valence-corrected chi connectivity index (χ2v) is 5.22. The van der Waals surface area contributed by atoms with Gasteiger partial charge in [-0.15, -0.1) is 0 Å². The van der Waals surface area contributed by atoms with Crippen molar-refractivity contribution in [2.45, 2.75) is 44.8 Å². The summed E-state index contributed by atoms with van der Waals surface area (Å²) in [5, 5.41) is 12.6. The molecule has 0 radical (unpaired) electrons. The Morgan fingerprint density at radius 3 is 2.43 bits per heavy atom. The Morgan fingerprint density at radius 1 is 1.19 bits per heavy atom. The number of carbonyl (C=O) groups is 1. The molecule has 0 heterocycles. The lowest BCUT2D eigenvalue weighted by molar-refractivity contribution is -0.125. The SMILES string of the molecule is CCOc1ccc(OCC(=O)NC2CCCCC2O)cc1. The van der Waals surface area contributed by atoms with Crippen molar-refractivity contribution in [2.75, 3.05) is 13.2 Å². The number of amides is 1. The highest BCUT2D eigenvalue weighted by atomic mass is 16.5. The van der Waals surface area contributed by atoms with E-state index in [0.29, 0.717) is 12.4 Å². The molecule has 0 bridgehead atoms. The van der Waals surface area contributed by atoms with Crippen molar-refractivity contribution in [3.63, 3.8) is 0 Å². The summed E-state index contributed by atoms with van der Waals surface area (Å²) in [6.07, 6.45) is 3.21. The van der Waals surface area contributed by atoms with Crippen LogP contribution in [0, 0.1) is 0 Å². The standard InChI is InChI=1S/C16H23NO4/c1-2-20-12-7-9-13(10-8-12)21-11-16(19)17-14-5-3-4-6-15(14)18/h7-10,14-15,18H,2-6,11H2,1H3,(H,17,19). The Kier molecular flexibility index (Phi) is 5.87. The summed E-state index contributed by atoms with van der Waals surface area (Å²) in [6, 6.07) is 7.01. The molecule has 1 fully saturated rings. The third kappa shape index (κ3) is 4.93. The second-order valence-electron chi connectivity index (χ2n) is 5.22. The monoisotopic (exact) mass is 293 g/mol. The van der Waals surface area contributed by atoms with Crippen LogP contribution in [0.1, 0.15) is 32.6 Å². The second kappa shape index (κ2) is 7.88. The van der Waals surface area contributed by atoms with Crippen LogP contribution in [0.3, 0.4) is 0 Å². The number of aliphatic hydroxyl groups is 1. The third-order valence-electron chi connectivity index (χ3n) is 3.58. The van der Waals surface area contributed by atoms with Gasteiger partial charge in [0.25, 0.3) is 5.91 Å². The molecule has 2 atom stereocenters. The van der Waals surface area contributed by atoms with Gasteiger partial charge >= 0.3 is 0 Å². The van der Waals surface area contributed by atoms with E-state index in [1.807, 2.05) is 19.1 Å². The van der Waals surface area contributed by atoms with Crippen molar-refractivity contribution >= 4 is 5.91 Å². The number of hydrogen-bond donors (Lipinski definition) is 2. The van der Waals surface area contributed by atoms with Crippen molar-refractivity contribution in [2.24, 2.45) is 0 Å². The summed E-state index contributed by atoms with van der Waals surface area (Å²) in [5.74, 6) is 1.20. The minimum atomic E-state index is -0.437. The fraction of sp³-hybridized carbons (Fsp3) is 0.562. The first kappa shape index (κ1) is 15.6. The number of nitrogens with one attached hydrogen (secondary N) is 1. The zero-order chi connectivity index (χ0) is 15.1.